The van der Waals surface area contributed by atoms with Gasteiger partial charge in [-0.3, -0.25) is 4.79 Å². The van der Waals surface area contributed by atoms with Gasteiger partial charge in [0, 0.05) is 19.4 Å². The Morgan fingerprint density at radius 1 is 1.18 bits per heavy atom. The van der Waals surface area contributed by atoms with E-state index >= 15 is 0 Å². The number of ether oxygens (including phenoxy) is 1. The summed E-state index contributed by atoms with van der Waals surface area (Å²) in [7, 11) is -8.26. The molecule has 12 heteroatoms. The molecule has 0 amide bonds. The lowest BCUT2D eigenvalue weighted by Crippen LogP contribution is -2.33. The number of fused-ring (bicyclic) bond motifs is 1. The number of aromatic nitrogens is 3. The van der Waals surface area contributed by atoms with Gasteiger partial charge < -0.3 is 14.6 Å². The van der Waals surface area contributed by atoms with E-state index in [0.717, 1.165) is 18.9 Å². The molecule has 1 saturated carbocycles. The lowest BCUT2D eigenvalue weighted by molar-refractivity contribution is 0.142. The van der Waals surface area contributed by atoms with Crippen molar-refractivity contribution < 1.29 is 24.2 Å². The third-order valence-electron chi connectivity index (χ3n) is 5.75. The normalized spacial score (nSPS) is 18.4. The Labute approximate surface area is 186 Å². The van der Waals surface area contributed by atoms with Gasteiger partial charge in [-0.05, 0) is 44.4 Å². The maximum atomic E-state index is 13.3. The third kappa shape index (κ3) is 4.67. The number of anilines is 1. The Kier molecular flexibility index (Phi) is 4.89. The largest absolute Gasteiger partial charge is 0.382 e. The smallest absolute Gasteiger partial charge is 0.310 e. The van der Waals surface area contributed by atoms with Crippen molar-refractivity contribution in [3.05, 3.63) is 58.3 Å². The van der Waals surface area contributed by atoms with Crippen LogP contribution in [0.2, 0.25) is 0 Å². The molecule has 0 radical (unpaired) electrons. The first-order chi connectivity index (χ1) is 15.1. The predicted octanol–water partition coefficient (Wildman–Crippen LogP) is 6.07. The maximum absolute atomic E-state index is 13.3. The highest BCUT2D eigenvalue weighted by molar-refractivity contribution is 8.45. The van der Waals surface area contributed by atoms with Crippen LogP contribution in [0.15, 0.2) is 46.2 Å². The number of methoxy groups -OCH3 is 1. The molecule has 3 aromatic rings. The van der Waals surface area contributed by atoms with Gasteiger partial charge in [0.1, 0.15) is 16.5 Å². The minimum atomic E-state index is -9.81. The van der Waals surface area contributed by atoms with E-state index in [-0.39, 0.29) is 16.9 Å². The highest BCUT2D eigenvalue weighted by Crippen LogP contribution is 3.02. The average Bonchev–Trinajstić information content (AvgIpc) is 3.46. The van der Waals surface area contributed by atoms with Gasteiger partial charge in [-0.2, -0.15) is 0 Å². The molecule has 6 nitrogen and oxygen atoms in total. The molecule has 0 bridgehead atoms. The fourth-order valence-electron chi connectivity index (χ4n) is 3.88. The Morgan fingerprint density at radius 3 is 2.48 bits per heavy atom. The molecule has 1 aliphatic rings. The van der Waals surface area contributed by atoms with Crippen LogP contribution in [0.4, 0.5) is 25.2 Å². The number of aryl methyl sites for hydroxylation is 1. The highest BCUT2D eigenvalue weighted by Gasteiger charge is 2.65. The van der Waals surface area contributed by atoms with E-state index < -0.39 is 26.7 Å². The Morgan fingerprint density at radius 2 is 1.88 bits per heavy atom. The van der Waals surface area contributed by atoms with E-state index in [2.05, 4.69) is 15.3 Å². The van der Waals surface area contributed by atoms with E-state index in [1.807, 2.05) is 0 Å². The van der Waals surface area contributed by atoms with E-state index in [0.29, 0.717) is 35.5 Å². The summed E-state index contributed by atoms with van der Waals surface area (Å²) in [6.07, 6.45) is 3.14. The standard InChI is InChI=1S/C21H23F5N4O2S/c1-13(15-5-4-6-16(9-15)33(22,23,24,25)26)27-20-17-11-30(21(7-8-21)12-32-3)19(31)10-18(17)28-14(2)29-20/h4-6,9-11,13H,7-8,12H2,1-3H3,(H,27,28,29)/t13-/m1/s1. The van der Waals surface area contributed by atoms with Crippen LogP contribution in [0.5, 0.6) is 0 Å². The number of hydrogen-bond donors (Lipinski definition) is 1. The highest BCUT2D eigenvalue weighted by atomic mass is 32.5. The summed E-state index contributed by atoms with van der Waals surface area (Å²) in [6, 6.07) is 3.67. The fourth-order valence-corrected chi connectivity index (χ4v) is 4.57. The van der Waals surface area contributed by atoms with Gasteiger partial charge in [0.25, 0.3) is 5.56 Å². The second-order valence-electron chi connectivity index (χ2n) is 8.46. The van der Waals surface area contributed by atoms with Crippen LogP contribution in [0.25, 0.3) is 10.9 Å². The molecule has 2 aromatic heterocycles. The summed E-state index contributed by atoms with van der Waals surface area (Å²) in [5, 5.41) is 3.48. The number of benzene rings is 1. The molecule has 4 rings (SSSR count). The molecule has 0 saturated heterocycles. The lowest BCUT2D eigenvalue weighted by Gasteiger charge is -2.40. The number of hydrogen-bond acceptors (Lipinski definition) is 5. The topological polar surface area (TPSA) is 69.0 Å². The van der Waals surface area contributed by atoms with Gasteiger partial charge >= 0.3 is 10.2 Å². The summed E-state index contributed by atoms with van der Waals surface area (Å²) >= 11 is 0. The number of rotatable bonds is 7. The molecule has 0 spiro atoms. The Hall–Kier alpha value is -2.73. The van der Waals surface area contributed by atoms with Gasteiger partial charge in [0.2, 0.25) is 0 Å². The van der Waals surface area contributed by atoms with Crippen molar-refractivity contribution in [1.29, 1.82) is 0 Å². The number of nitrogens with zero attached hydrogens (tertiary/aromatic N) is 3. The first-order valence-corrected chi connectivity index (χ1v) is 12.1. The monoisotopic (exact) mass is 490 g/mol. The summed E-state index contributed by atoms with van der Waals surface area (Å²) in [6.45, 7) is 3.51. The molecule has 2 heterocycles. The molecule has 1 aromatic carbocycles. The average molecular weight is 490 g/mol. The number of nitrogens with one attached hydrogen (secondary N) is 1. The van der Waals surface area contributed by atoms with E-state index in [4.69, 9.17) is 4.74 Å². The van der Waals surface area contributed by atoms with Crippen LogP contribution in [-0.4, -0.2) is 28.3 Å². The summed E-state index contributed by atoms with van der Waals surface area (Å²) in [4.78, 5) is 19.4. The van der Waals surface area contributed by atoms with E-state index in [1.54, 1.807) is 24.8 Å². The molecular formula is C21H23F5N4O2S. The van der Waals surface area contributed by atoms with Crippen LogP contribution >= 0.6 is 10.2 Å². The second kappa shape index (κ2) is 6.89. The van der Waals surface area contributed by atoms with Crippen LogP contribution in [0, 0.1) is 6.92 Å². The molecule has 1 aliphatic carbocycles. The maximum Gasteiger partial charge on any atom is 0.310 e. The molecule has 1 atom stereocenters. The van der Waals surface area contributed by atoms with Crippen molar-refractivity contribution in [3.63, 3.8) is 0 Å². The molecule has 0 unspecified atom stereocenters. The molecular weight excluding hydrogens is 467 g/mol. The predicted molar refractivity (Wildman–Crippen MR) is 117 cm³/mol. The second-order valence-corrected chi connectivity index (χ2v) is 10.9. The Bertz CT molecular complexity index is 1310. The minimum absolute atomic E-state index is 0.0107. The summed E-state index contributed by atoms with van der Waals surface area (Å²) < 4.78 is 73.1. The summed E-state index contributed by atoms with van der Waals surface area (Å²) in [5.41, 5.74) is -0.328. The van der Waals surface area contributed by atoms with Crippen molar-refractivity contribution >= 4 is 26.9 Å². The molecule has 33 heavy (non-hydrogen) atoms. The first-order valence-electron chi connectivity index (χ1n) is 10.1. The van der Waals surface area contributed by atoms with Crippen molar-refractivity contribution in [3.8, 4) is 0 Å². The van der Waals surface area contributed by atoms with Crippen molar-refractivity contribution in [2.45, 2.75) is 43.2 Å². The zero-order valence-corrected chi connectivity index (χ0v) is 18.9. The first kappa shape index (κ1) is 23.4. The van der Waals surface area contributed by atoms with Crippen molar-refractivity contribution in [1.82, 2.24) is 14.5 Å². The molecule has 180 valence electrons. The summed E-state index contributed by atoms with van der Waals surface area (Å²) in [5.74, 6) is 0.623. The lowest BCUT2D eigenvalue weighted by atomic mass is 10.1. The van der Waals surface area contributed by atoms with Crippen LogP contribution in [-0.2, 0) is 10.3 Å². The minimum Gasteiger partial charge on any atom is -0.382 e. The number of halogens is 5. The zero-order valence-electron chi connectivity index (χ0n) is 18.1. The van der Waals surface area contributed by atoms with Crippen LogP contribution in [0.1, 0.15) is 37.2 Å². The van der Waals surface area contributed by atoms with Gasteiger partial charge in [-0.25, -0.2) is 9.97 Å². The van der Waals surface area contributed by atoms with Gasteiger partial charge in [-0.15, -0.1) is 0 Å². The van der Waals surface area contributed by atoms with Gasteiger partial charge in [0.15, 0.2) is 0 Å². The molecule has 1 N–H and O–H groups in total. The van der Waals surface area contributed by atoms with E-state index in [9.17, 15) is 24.2 Å². The van der Waals surface area contributed by atoms with Crippen molar-refractivity contribution in [2.24, 2.45) is 0 Å². The number of pyridine rings is 1. The Balaban J connectivity index is 1.76. The van der Waals surface area contributed by atoms with E-state index in [1.165, 1.54) is 19.1 Å². The quantitative estimate of drug-likeness (QED) is 0.408. The SMILES string of the molecule is COCC1(n2cc3c(N[C@H](C)c4cccc(S(F)(F)(F)(F)F)c4)nc(C)nc3cc2=O)CC1. The van der Waals surface area contributed by atoms with Gasteiger partial charge in [0.05, 0.1) is 29.1 Å². The molecule has 0 aliphatic heterocycles. The fraction of sp³-hybridized carbons (Fsp3) is 0.381. The van der Waals surface area contributed by atoms with Crippen molar-refractivity contribution in [2.75, 3.05) is 19.0 Å². The van der Waals surface area contributed by atoms with Gasteiger partial charge in [-0.1, -0.05) is 31.6 Å². The van der Waals surface area contributed by atoms with Crippen LogP contribution < -0.4 is 10.9 Å². The molecule has 1 fully saturated rings. The zero-order chi connectivity index (χ0) is 24.3. The third-order valence-corrected chi connectivity index (χ3v) is 6.90. The van der Waals surface area contributed by atoms with Crippen LogP contribution in [0.3, 0.4) is 0 Å².